The number of amides is 2. The number of carbonyl (C=O) groups excluding carboxylic acids is 2. The van der Waals surface area contributed by atoms with Gasteiger partial charge in [0.2, 0.25) is 11.8 Å². The lowest BCUT2D eigenvalue weighted by Crippen LogP contribution is -2.29. The molecule has 2 aromatic carbocycles. The highest BCUT2D eigenvalue weighted by molar-refractivity contribution is 5.91. The standard InChI is InChI=1S/C20H24N2O3/c1-15(2)17-8-10-18(11-9-17)22-20(24)14-25-13-19(23)21-12-16-6-4-3-5-7-16/h3-11,15H,12-14H2,1-2H3,(H,21,23)(H,22,24). The summed E-state index contributed by atoms with van der Waals surface area (Å²) in [5.74, 6) is -0.0893. The van der Waals surface area contributed by atoms with Crippen LogP contribution in [0.15, 0.2) is 54.6 Å². The third-order valence-corrected chi connectivity index (χ3v) is 3.66. The molecule has 0 fully saturated rings. The largest absolute Gasteiger partial charge is 0.362 e. The van der Waals surface area contributed by atoms with Crippen LogP contribution >= 0.6 is 0 Å². The molecule has 0 heterocycles. The zero-order valence-electron chi connectivity index (χ0n) is 14.6. The maximum Gasteiger partial charge on any atom is 0.250 e. The molecule has 132 valence electrons. The molecule has 5 heteroatoms. The Morgan fingerprint density at radius 2 is 1.56 bits per heavy atom. The fourth-order valence-corrected chi connectivity index (χ4v) is 2.23. The molecule has 0 bridgehead atoms. The maximum absolute atomic E-state index is 11.8. The number of benzene rings is 2. The molecule has 2 aromatic rings. The molecule has 0 saturated heterocycles. The highest BCUT2D eigenvalue weighted by Gasteiger charge is 2.06. The molecular weight excluding hydrogens is 316 g/mol. The minimum atomic E-state index is -0.284. The lowest BCUT2D eigenvalue weighted by molar-refractivity contribution is -0.128. The van der Waals surface area contributed by atoms with Crippen LogP contribution in [0.4, 0.5) is 5.69 Å². The van der Waals surface area contributed by atoms with Crippen LogP contribution in [0.1, 0.15) is 30.9 Å². The Morgan fingerprint density at radius 1 is 0.920 bits per heavy atom. The molecule has 0 aliphatic rings. The predicted molar refractivity (Wildman–Crippen MR) is 98.3 cm³/mol. The number of hydrogen-bond donors (Lipinski definition) is 2. The van der Waals surface area contributed by atoms with Crippen LogP contribution in [0.2, 0.25) is 0 Å². The summed E-state index contributed by atoms with van der Waals surface area (Å²) in [4.78, 5) is 23.5. The lowest BCUT2D eigenvalue weighted by Gasteiger charge is -2.09. The average molecular weight is 340 g/mol. The van der Waals surface area contributed by atoms with Gasteiger partial charge in [-0.3, -0.25) is 9.59 Å². The Kier molecular flexibility index (Phi) is 7.16. The van der Waals surface area contributed by atoms with Gasteiger partial charge in [0.05, 0.1) is 0 Å². The summed E-state index contributed by atoms with van der Waals surface area (Å²) in [6, 6.07) is 17.3. The molecule has 0 aromatic heterocycles. The Hall–Kier alpha value is -2.66. The van der Waals surface area contributed by atoms with Crippen molar-refractivity contribution in [2.45, 2.75) is 26.3 Å². The third kappa shape index (κ3) is 6.77. The van der Waals surface area contributed by atoms with Crippen molar-refractivity contribution >= 4 is 17.5 Å². The molecule has 0 atom stereocenters. The Balaban J connectivity index is 1.65. The summed E-state index contributed by atoms with van der Waals surface area (Å²) in [5, 5.41) is 5.49. The van der Waals surface area contributed by atoms with Crippen LogP contribution < -0.4 is 10.6 Å². The second kappa shape index (κ2) is 9.59. The van der Waals surface area contributed by atoms with Gasteiger partial charge in [0.1, 0.15) is 13.2 Å². The van der Waals surface area contributed by atoms with E-state index in [1.165, 1.54) is 5.56 Å². The first-order chi connectivity index (χ1) is 12.0. The summed E-state index contributed by atoms with van der Waals surface area (Å²) in [5.41, 5.74) is 2.94. The van der Waals surface area contributed by atoms with Gasteiger partial charge >= 0.3 is 0 Å². The summed E-state index contributed by atoms with van der Waals surface area (Å²) in [6.07, 6.45) is 0. The van der Waals surface area contributed by atoms with E-state index in [1.54, 1.807) is 0 Å². The molecule has 2 N–H and O–H groups in total. The molecule has 0 aliphatic heterocycles. The van der Waals surface area contributed by atoms with E-state index >= 15 is 0 Å². The predicted octanol–water partition coefficient (Wildman–Crippen LogP) is 3.08. The first-order valence-electron chi connectivity index (χ1n) is 8.33. The minimum absolute atomic E-state index is 0.146. The Morgan fingerprint density at radius 3 is 2.20 bits per heavy atom. The number of nitrogens with one attached hydrogen (secondary N) is 2. The van der Waals surface area contributed by atoms with Crippen LogP contribution in [-0.2, 0) is 20.9 Å². The van der Waals surface area contributed by atoms with Gasteiger partial charge < -0.3 is 15.4 Å². The van der Waals surface area contributed by atoms with Gasteiger partial charge in [-0.2, -0.15) is 0 Å². The second-order valence-electron chi connectivity index (χ2n) is 6.08. The van der Waals surface area contributed by atoms with Gasteiger partial charge in [0, 0.05) is 12.2 Å². The molecule has 0 radical (unpaired) electrons. The van der Waals surface area contributed by atoms with Gasteiger partial charge in [0.25, 0.3) is 0 Å². The molecule has 0 aliphatic carbocycles. The van der Waals surface area contributed by atoms with Crippen molar-refractivity contribution in [2.24, 2.45) is 0 Å². The van der Waals surface area contributed by atoms with E-state index in [1.807, 2.05) is 54.6 Å². The van der Waals surface area contributed by atoms with E-state index in [4.69, 9.17) is 4.74 Å². The SMILES string of the molecule is CC(C)c1ccc(NC(=O)COCC(=O)NCc2ccccc2)cc1. The van der Waals surface area contributed by atoms with Crippen LogP contribution in [0.3, 0.4) is 0 Å². The normalized spacial score (nSPS) is 10.5. The average Bonchev–Trinajstić information content (AvgIpc) is 2.61. The second-order valence-corrected chi connectivity index (χ2v) is 6.08. The molecule has 0 saturated carbocycles. The van der Waals surface area contributed by atoms with E-state index in [-0.39, 0.29) is 25.0 Å². The highest BCUT2D eigenvalue weighted by Crippen LogP contribution is 2.16. The van der Waals surface area contributed by atoms with Crippen molar-refractivity contribution in [1.29, 1.82) is 0 Å². The van der Waals surface area contributed by atoms with Gasteiger partial charge in [-0.05, 0) is 29.2 Å². The smallest absolute Gasteiger partial charge is 0.250 e. The van der Waals surface area contributed by atoms with Crippen LogP contribution in [-0.4, -0.2) is 25.0 Å². The van der Waals surface area contributed by atoms with E-state index < -0.39 is 0 Å². The number of carbonyl (C=O) groups is 2. The summed E-state index contributed by atoms with van der Waals surface area (Å²) in [7, 11) is 0. The van der Waals surface area contributed by atoms with Crippen LogP contribution in [0.25, 0.3) is 0 Å². The molecular formula is C20H24N2O3. The quantitative estimate of drug-likeness (QED) is 0.776. The van der Waals surface area contributed by atoms with E-state index in [0.717, 1.165) is 5.56 Å². The molecule has 0 unspecified atom stereocenters. The number of hydrogen-bond acceptors (Lipinski definition) is 3. The molecule has 2 amide bonds. The van der Waals surface area contributed by atoms with Crippen LogP contribution in [0.5, 0.6) is 0 Å². The van der Waals surface area contributed by atoms with E-state index in [2.05, 4.69) is 24.5 Å². The van der Waals surface area contributed by atoms with E-state index in [9.17, 15) is 9.59 Å². The van der Waals surface area contributed by atoms with Crippen molar-refractivity contribution in [1.82, 2.24) is 5.32 Å². The van der Waals surface area contributed by atoms with Crippen molar-refractivity contribution in [3.8, 4) is 0 Å². The fourth-order valence-electron chi connectivity index (χ4n) is 2.23. The Labute approximate surface area is 148 Å². The summed E-state index contributed by atoms with van der Waals surface area (Å²) < 4.78 is 5.16. The topological polar surface area (TPSA) is 67.4 Å². The van der Waals surface area contributed by atoms with Gasteiger partial charge in [-0.1, -0.05) is 56.3 Å². The third-order valence-electron chi connectivity index (χ3n) is 3.66. The monoisotopic (exact) mass is 340 g/mol. The summed E-state index contributed by atoms with van der Waals surface area (Å²) in [6.45, 7) is 4.36. The van der Waals surface area contributed by atoms with Gasteiger partial charge in [0.15, 0.2) is 0 Å². The first-order valence-corrected chi connectivity index (χ1v) is 8.33. The van der Waals surface area contributed by atoms with Crippen molar-refractivity contribution in [2.75, 3.05) is 18.5 Å². The van der Waals surface area contributed by atoms with Gasteiger partial charge in [-0.15, -0.1) is 0 Å². The van der Waals surface area contributed by atoms with Crippen LogP contribution in [0, 0.1) is 0 Å². The van der Waals surface area contributed by atoms with Crippen molar-refractivity contribution in [3.05, 3.63) is 65.7 Å². The zero-order valence-corrected chi connectivity index (χ0v) is 14.6. The molecule has 5 nitrogen and oxygen atoms in total. The molecule has 2 rings (SSSR count). The minimum Gasteiger partial charge on any atom is -0.362 e. The molecule has 0 spiro atoms. The fraction of sp³-hybridized carbons (Fsp3) is 0.300. The summed E-state index contributed by atoms with van der Waals surface area (Å²) >= 11 is 0. The number of ether oxygens (including phenoxy) is 1. The first kappa shape index (κ1) is 18.7. The number of rotatable bonds is 8. The highest BCUT2D eigenvalue weighted by atomic mass is 16.5. The van der Waals surface area contributed by atoms with Crippen molar-refractivity contribution in [3.63, 3.8) is 0 Å². The molecule has 25 heavy (non-hydrogen) atoms. The lowest BCUT2D eigenvalue weighted by atomic mass is 10.0. The Bertz CT molecular complexity index is 682. The number of anilines is 1. The maximum atomic E-state index is 11.8. The van der Waals surface area contributed by atoms with E-state index in [0.29, 0.717) is 18.2 Å². The van der Waals surface area contributed by atoms with Crippen molar-refractivity contribution < 1.29 is 14.3 Å². The zero-order chi connectivity index (χ0) is 18.1. The van der Waals surface area contributed by atoms with Gasteiger partial charge in [-0.25, -0.2) is 0 Å².